The average molecular weight is 525 g/mol. The van der Waals surface area contributed by atoms with Crippen LogP contribution in [0.3, 0.4) is 0 Å². The van der Waals surface area contributed by atoms with E-state index in [9.17, 15) is 0 Å². The number of rotatable bonds is 7. The topological polar surface area (TPSA) is 115 Å². The van der Waals surface area contributed by atoms with Gasteiger partial charge in [0.15, 0.2) is 5.79 Å². The Hall–Kier alpha value is -3.82. The summed E-state index contributed by atoms with van der Waals surface area (Å²) in [5, 5.41) is 0. The minimum atomic E-state index is -0.890. The van der Waals surface area contributed by atoms with Crippen molar-refractivity contribution in [2.24, 2.45) is 0 Å². The van der Waals surface area contributed by atoms with E-state index in [1.807, 2.05) is 68.4 Å². The van der Waals surface area contributed by atoms with Crippen LogP contribution < -0.4 is 11.5 Å². The van der Waals surface area contributed by atoms with Gasteiger partial charge in [0.25, 0.3) is 0 Å². The molecule has 3 aromatic carbocycles. The Morgan fingerprint density at radius 3 is 1.82 bits per heavy atom. The number of fused-ring (bicyclic) bond motifs is 1. The van der Waals surface area contributed by atoms with Gasteiger partial charge in [-0.2, -0.15) is 4.98 Å². The van der Waals surface area contributed by atoms with Crippen molar-refractivity contribution in [3.63, 3.8) is 0 Å². The van der Waals surface area contributed by atoms with Crippen molar-refractivity contribution < 1.29 is 18.9 Å². The first-order valence-electron chi connectivity index (χ1n) is 13.1. The van der Waals surface area contributed by atoms with E-state index in [0.29, 0.717) is 5.56 Å². The summed E-state index contributed by atoms with van der Waals surface area (Å²) in [6, 6.07) is 30.7. The minimum Gasteiger partial charge on any atom is -0.383 e. The van der Waals surface area contributed by atoms with Gasteiger partial charge in [0.2, 0.25) is 5.95 Å². The van der Waals surface area contributed by atoms with E-state index in [-0.39, 0.29) is 24.5 Å². The molecule has 4 N–H and O–H groups in total. The summed E-state index contributed by atoms with van der Waals surface area (Å²) in [6.45, 7) is 4.02. The van der Waals surface area contributed by atoms with Crippen molar-refractivity contribution in [2.75, 3.05) is 18.1 Å². The normalized spacial score (nSPS) is 23.9. The first-order valence-corrected chi connectivity index (χ1v) is 13.1. The maximum absolute atomic E-state index is 7.04. The van der Waals surface area contributed by atoms with Crippen LogP contribution in [0.2, 0.25) is 0 Å². The largest absolute Gasteiger partial charge is 0.383 e. The van der Waals surface area contributed by atoms with E-state index in [4.69, 9.17) is 30.4 Å². The Morgan fingerprint density at radius 1 is 0.795 bits per heavy atom. The van der Waals surface area contributed by atoms with Crippen LogP contribution in [0.4, 0.5) is 11.8 Å². The summed E-state index contributed by atoms with van der Waals surface area (Å²) in [7, 11) is 0. The molecule has 2 saturated heterocycles. The smallest absolute Gasteiger partial charge is 0.221 e. The first kappa shape index (κ1) is 25.5. The molecule has 39 heavy (non-hydrogen) atoms. The molecule has 8 nitrogen and oxygen atoms in total. The van der Waals surface area contributed by atoms with E-state index >= 15 is 0 Å². The molecule has 2 aliphatic heterocycles. The van der Waals surface area contributed by atoms with Crippen LogP contribution in [0.15, 0.2) is 97.2 Å². The summed E-state index contributed by atoms with van der Waals surface area (Å²) in [6.07, 6.45) is -0.191. The second-order valence-electron chi connectivity index (χ2n) is 10.3. The third-order valence-electron chi connectivity index (χ3n) is 7.33. The molecule has 2 aliphatic rings. The van der Waals surface area contributed by atoms with Crippen molar-refractivity contribution in [3.8, 4) is 0 Å². The first-order chi connectivity index (χ1) is 18.9. The van der Waals surface area contributed by atoms with Crippen LogP contribution in [0.25, 0.3) is 0 Å². The lowest BCUT2D eigenvalue weighted by atomic mass is 9.80. The number of ether oxygens (including phenoxy) is 4. The van der Waals surface area contributed by atoms with Crippen molar-refractivity contribution in [1.82, 2.24) is 9.97 Å². The zero-order valence-electron chi connectivity index (χ0n) is 21.9. The summed E-state index contributed by atoms with van der Waals surface area (Å²) in [5.74, 6) is -0.435. The van der Waals surface area contributed by atoms with Crippen LogP contribution in [-0.2, 0) is 24.5 Å². The van der Waals surface area contributed by atoms with E-state index in [1.165, 1.54) is 0 Å². The molecule has 1 unspecified atom stereocenters. The van der Waals surface area contributed by atoms with E-state index < -0.39 is 29.7 Å². The van der Waals surface area contributed by atoms with Crippen molar-refractivity contribution in [3.05, 3.63) is 119 Å². The summed E-state index contributed by atoms with van der Waals surface area (Å²) < 4.78 is 26.2. The van der Waals surface area contributed by atoms with Crippen molar-refractivity contribution >= 4 is 11.8 Å². The highest BCUT2D eigenvalue weighted by atomic mass is 16.8. The van der Waals surface area contributed by atoms with E-state index in [2.05, 4.69) is 46.4 Å². The van der Waals surface area contributed by atoms with E-state index in [1.54, 1.807) is 6.20 Å². The third kappa shape index (κ3) is 4.66. The Bertz CT molecular complexity index is 1320. The van der Waals surface area contributed by atoms with Crippen LogP contribution in [0.1, 0.15) is 42.2 Å². The fourth-order valence-corrected chi connectivity index (χ4v) is 5.68. The van der Waals surface area contributed by atoms with Crippen LogP contribution in [-0.4, -0.2) is 40.7 Å². The number of anilines is 2. The molecule has 200 valence electrons. The molecule has 4 atom stereocenters. The highest BCUT2D eigenvalue weighted by molar-refractivity contribution is 5.48. The fourth-order valence-electron chi connectivity index (χ4n) is 5.68. The lowest BCUT2D eigenvalue weighted by Gasteiger charge is -2.37. The predicted octanol–water partition coefficient (Wildman–Crippen LogP) is 4.61. The van der Waals surface area contributed by atoms with Crippen LogP contribution >= 0.6 is 0 Å². The van der Waals surface area contributed by atoms with Crippen molar-refractivity contribution in [2.45, 2.75) is 49.7 Å². The van der Waals surface area contributed by atoms with Gasteiger partial charge in [0.05, 0.1) is 6.61 Å². The molecule has 0 bridgehead atoms. The zero-order valence-corrected chi connectivity index (χ0v) is 21.9. The van der Waals surface area contributed by atoms with Gasteiger partial charge in [0, 0.05) is 11.8 Å². The highest BCUT2D eigenvalue weighted by Crippen LogP contribution is 2.47. The van der Waals surface area contributed by atoms with Gasteiger partial charge in [-0.3, -0.25) is 0 Å². The molecular formula is C31H32N4O4. The number of benzene rings is 3. The van der Waals surface area contributed by atoms with Gasteiger partial charge < -0.3 is 30.4 Å². The quantitative estimate of drug-likeness (QED) is 0.337. The van der Waals surface area contributed by atoms with Crippen LogP contribution in [0, 0.1) is 0 Å². The SMILES string of the molecule is CC1(C)O[C@@H]2[C@@H](COC(c3ccccc3)(c3ccccc3)c3ccccc3)OC(c3cnc(N)nc3N)[C@@H]2O1. The molecule has 1 aromatic heterocycles. The number of hydrogen-bond acceptors (Lipinski definition) is 8. The second-order valence-corrected chi connectivity index (χ2v) is 10.3. The highest BCUT2D eigenvalue weighted by Gasteiger charge is 2.56. The Morgan fingerprint density at radius 2 is 1.31 bits per heavy atom. The maximum Gasteiger partial charge on any atom is 0.221 e. The molecule has 0 amide bonds. The number of nitrogens with zero attached hydrogens (tertiary/aromatic N) is 2. The number of aromatic nitrogens is 2. The average Bonchev–Trinajstić information content (AvgIpc) is 3.44. The standard InChI is InChI=1S/C31H32N4O4/c1-30(2)38-26-24(37-25(27(26)39-30)23-18-34-29(33)35-28(23)32)19-36-31(20-12-6-3-7-13-20,21-14-8-4-9-15-21)22-16-10-5-11-17-22/h3-18,24-27H,19H2,1-2H3,(H4,32,33,34,35)/t24-,25?,26-,27+/m1/s1. The monoisotopic (exact) mass is 524 g/mol. The van der Waals surface area contributed by atoms with Gasteiger partial charge >= 0.3 is 0 Å². The molecule has 0 radical (unpaired) electrons. The molecule has 0 saturated carbocycles. The summed E-state index contributed by atoms with van der Waals surface area (Å²) >= 11 is 0. The van der Waals surface area contributed by atoms with Gasteiger partial charge in [-0.15, -0.1) is 0 Å². The maximum atomic E-state index is 7.04. The molecule has 0 aliphatic carbocycles. The van der Waals surface area contributed by atoms with Crippen molar-refractivity contribution in [1.29, 1.82) is 0 Å². The molecule has 3 heterocycles. The molecule has 2 fully saturated rings. The molecule has 0 spiro atoms. The molecular weight excluding hydrogens is 492 g/mol. The Labute approximate surface area is 227 Å². The number of nitrogen functional groups attached to an aromatic ring is 2. The summed E-state index contributed by atoms with van der Waals surface area (Å²) in [4.78, 5) is 8.28. The summed E-state index contributed by atoms with van der Waals surface area (Å²) in [5.41, 5.74) is 14.7. The van der Waals surface area contributed by atoms with Gasteiger partial charge in [-0.25, -0.2) is 4.98 Å². The van der Waals surface area contributed by atoms with E-state index in [0.717, 1.165) is 16.7 Å². The lowest BCUT2D eigenvalue weighted by Crippen LogP contribution is -2.39. The number of hydrogen-bond donors (Lipinski definition) is 2. The lowest BCUT2D eigenvalue weighted by molar-refractivity contribution is -0.196. The molecule has 8 heteroatoms. The Kier molecular flexibility index (Phi) is 6.56. The zero-order chi connectivity index (χ0) is 27.0. The van der Waals surface area contributed by atoms with Crippen LogP contribution in [0.5, 0.6) is 0 Å². The van der Waals surface area contributed by atoms with Gasteiger partial charge in [-0.1, -0.05) is 91.0 Å². The second kappa shape index (κ2) is 10.1. The minimum absolute atomic E-state index is 0.105. The molecule has 6 rings (SSSR count). The van der Waals surface area contributed by atoms with Gasteiger partial charge in [0.1, 0.15) is 35.8 Å². The number of nitrogens with two attached hydrogens (primary N) is 2. The molecule has 4 aromatic rings. The van der Waals surface area contributed by atoms with Gasteiger partial charge in [-0.05, 0) is 30.5 Å². The predicted molar refractivity (Wildman–Crippen MR) is 147 cm³/mol. The fraction of sp³-hybridized carbons (Fsp3) is 0.290. The third-order valence-corrected chi connectivity index (χ3v) is 7.33. The Balaban J connectivity index is 1.40.